The van der Waals surface area contributed by atoms with E-state index in [2.05, 4.69) is 0 Å². The number of hydrogen-bond acceptors (Lipinski definition) is 10. The van der Waals surface area contributed by atoms with Gasteiger partial charge < -0.3 is 50.0 Å². The molecule has 7 N–H and O–H groups in total. The second-order valence-electron chi connectivity index (χ2n) is 5.15. The zero-order valence-electron chi connectivity index (χ0n) is 11.8. The van der Waals surface area contributed by atoms with E-state index in [-0.39, 0.29) is 6.29 Å². The number of aliphatic hydroxyl groups is 7. The Hall–Kier alpha value is -0.690. The molecule has 10 heteroatoms. The maximum Gasteiger partial charge on any atom is 0.187 e. The molecule has 10 nitrogen and oxygen atoms in total. The molecule has 0 aliphatic carbocycles. The van der Waals surface area contributed by atoms with E-state index in [0.717, 1.165) is 0 Å². The summed E-state index contributed by atoms with van der Waals surface area (Å²) in [6.45, 7) is 0.543. The van der Waals surface area contributed by atoms with E-state index in [4.69, 9.17) is 14.6 Å². The quantitative estimate of drug-likeness (QED) is 0.225. The van der Waals surface area contributed by atoms with Crippen molar-refractivity contribution in [1.29, 1.82) is 0 Å². The average Bonchev–Trinajstić information content (AvgIpc) is 2.52. The lowest BCUT2D eigenvalue weighted by atomic mass is 9.99. The first-order chi connectivity index (χ1) is 10.2. The standard InChI is InChI=1S/C12H22O10/c1-4-7(16)10(19)11(20)12(21-4)22-6(3-14)9(18)8(17)5(15)2-13/h3-13,15-20H,2H2,1H3/t4-,5+,6-,7-,8+,9+,10+,11-,12-/m0/s1. The fraction of sp³-hybridized carbons (Fsp3) is 0.917. The normalized spacial score (nSPS) is 38.1. The molecule has 0 aromatic rings. The second-order valence-corrected chi connectivity index (χ2v) is 5.15. The number of hydrogen-bond donors (Lipinski definition) is 7. The molecule has 9 atom stereocenters. The number of aliphatic hydroxyl groups excluding tert-OH is 7. The Bertz CT molecular complexity index is 353. The van der Waals surface area contributed by atoms with E-state index in [9.17, 15) is 35.4 Å². The highest BCUT2D eigenvalue weighted by molar-refractivity contribution is 5.57. The Balaban J connectivity index is 2.75. The van der Waals surface area contributed by atoms with Crippen LogP contribution in [-0.4, -0.2) is 104 Å². The van der Waals surface area contributed by atoms with Crippen LogP contribution in [0.2, 0.25) is 0 Å². The van der Waals surface area contributed by atoms with Gasteiger partial charge in [-0.1, -0.05) is 0 Å². The van der Waals surface area contributed by atoms with Crippen LogP contribution in [0.3, 0.4) is 0 Å². The monoisotopic (exact) mass is 326 g/mol. The van der Waals surface area contributed by atoms with Gasteiger partial charge in [-0.3, -0.25) is 0 Å². The molecule has 1 rings (SSSR count). The Morgan fingerprint density at radius 1 is 1.09 bits per heavy atom. The molecule has 1 aliphatic heterocycles. The fourth-order valence-corrected chi connectivity index (χ4v) is 2.00. The number of carbonyl (C=O) groups excluding carboxylic acids is 1. The second kappa shape index (κ2) is 8.24. The summed E-state index contributed by atoms with van der Waals surface area (Å²) in [6.07, 6.45) is -14.2. The van der Waals surface area contributed by atoms with Crippen LogP contribution in [0.1, 0.15) is 6.92 Å². The average molecular weight is 326 g/mol. The highest BCUT2D eigenvalue weighted by Gasteiger charge is 2.44. The van der Waals surface area contributed by atoms with Crippen molar-refractivity contribution in [2.75, 3.05) is 6.61 Å². The lowest BCUT2D eigenvalue weighted by Gasteiger charge is -2.40. The summed E-state index contributed by atoms with van der Waals surface area (Å²) in [5.74, 6) is 0. The third-order valence-electron chi connectivity index (χ3n) is 3.50. The van der Waals surface area contributed by atoms with Crippen molar-refractivity contribution in [1.82, 2.24) is 0 Å². The van der Waals surface area contributed by atoms with Crippen molar-refractivity contribution in [2.45, 2.75) is 62.0 Å². The third kappa shape index (κ3) is 4.19. The van der Waals surface area contributed by atoms with Gasteiger partial charge in [-0.05, 0) is 6.92 Å². The minimum Gasteiger partial charge on any atom is -0.394 e. The molecule has 1 saturated heterocycles. The van der Waals surface area contributed by atoms with Crippen LogP contribution in [0.4, 0.5) is 0 Å². The van der Waals surface area contributed by atoms with Crippen LogP contribution in [0, 0.1) is 0 Å². The Morgan fingerprint density at radius 3 is 2.18 bits per heavy atom. The molecule has 1 fully saturated rings. The van der Waals surface area contributed by atoms with Crippen LogP contribution in [0.25, 0.3) is 0 Å². The lowest BCUT2D eigenvalue weighted by molar-refractivity contribution is -0.308. The number of aldehydes is 1. The topological polar surface area (TPSA) is 177 Å². The van der Waals surface area contributed by atoms with Crippen molar-refractivity contribution in [3.8, 4) is 0 Å². The molecular formula is C12H22O10. The summed E-state index contributed by atoms with van der Waals surface area (Å²) in [5.41, 5.74) is 0. The highest BCUT2D eigenvalue weighted by atomic mass is 16.7. The van der Waals surface area contributed by atoms with Crippen molar-refractivity contribution in [3.05, 3.63) is 0 Å². The lowest BCUT2D eigenvalue weighted by Crippen LogP contribution is -2.59. The van der Waals surface area contributed by atoms with Gasteiger partial charge in [0.05, 0.1) is 12.7 Å². The molecule has 1 heterocycles. The molecule has 0 unspecified atom stereocenters. The summed E-state index contributed by atoms with van der Waals surface area (Å²) in [7, 11) is 0. The highest BCUT2D eigenvalue weighted by Crippen LogP contribution is 2.23. The van der Waals surface area contributed by atoms with Gasteiger partial charge >= 0.3 is 0 Å². The van der Waals surface area contributed by atoms with E-state index in [1.165, 1.54) is 6.92 Å². The first kappa shape index (κ1) is 19.4. The number of carbonyl (C=O) groups is 1. The van der Waals surface area contributed by atoms with E-state index >= 15 is 0 Å². The number of rotatable bonds is 7. The first-order valence-corrected chi connectivity index (χ1v) is 6.70. The molecule has 130 valence electrons. The summed E-state index contributed by atoms with van der Waals surface area (Å²) in [6, 6.07) is 0. The van der Waals surface area contributed by atoms with E-state index in [1.54, 1.807) is 0 Å². The van der Waals surface area contributed by atoms with Gasteiger partial charge in [0.2, 0.25) is 0 Å². The smallest absolute Gasteiger partial charge is 0.187 e. The fourth-order valence-electron chi connectivity index (χ4n) is 2.00. The van der Waals surface area contributed by atoms with Crippen molar-refractivity contribution in [2.24, 2.45) is 0 Å². The van der Waals surface area contributed by atoms with E-state index in [0.29, 0.717) is 0 Å². The Kier molecular flexibility index (Phi) is 7.25. The zero-order valence-corrected chi connectivity index (χ0v) is 11.8. The van der Waals surface area contributed by atoms with Crippen LogP contribution in [0.5, 0.6) is 0 Å². The molecular weight excluding hydrogens is 304 g/mol. The summed E-state index contributed by atoms with van der Waals surface area (Å²) in [4.78, 5) is 11.0. The van der Waals surface area contributed by atoms with Crippen LogP contribution >= 0.6 is 0 Å². The van der Waals surface area contributed by atoms with Gasteiger partial charge in [-0.15, -0.1) is 0 Å². The van der Waals surface area contributed by atoms with Gasteiger partial charge in [0.15, 0.2) is 12.6 Å². The van der Waals surface area contributed by atoms with E-state index in [1.807, 2.05) is 0 Å². The molecule has 0 aromatic heterocycles. The van der Waals surface area contributed by atoms with Gasteiger partial charge in [-0.25, -0.2) is 0 Å². The minimum atomic E-state index is -1.91. The largest absolute Gasteiger partial charge is 0.394 e. The third-order valence-corrected chi connectivity index (χ3v) is 3.50. The predicted molar refractivity (Wildman–Crippen MR) is 68.4 cm³/mol. The van der Waals surface area contributed by atoms with Crippen LogP contribution in [-0.2, 0) is 14.3 Å². The minimum absolute atomic E-state index is 0.107. The summed E-state index contributed by atoms with van der Waals surface area (Å²) >= 11 is 0. The molecule has 0 saturated carbocycles. The van der Waals surface area contributed by atoms with Gasteiger partial charge in [0, 0.05) is 0 Å². The van der Waals surface area contributed by atoms with Gasteiger partial charge in [0.1, 0.15) is 42.7 Å². The Morgan fingerprint density at radius 2 is 1.68 bits per heavy atom. The van der Waals surface area contributed by atoms with Gasteiger partial charge in [-0.2, -0.15) is 0 Å². The molecule has 22 heavy (non-hydrogen) atoms. The molecule has 1 aliphatic rings. The molecule has 0 amide bonds. The maximum absolute atomic E-state index is 11.0. The van der Waals surface area contributed by atoms with Gasteiger partial charge in [0.25, 0.3) is 0 Å². The first-order valence-electron chi connectivity index (χ1n) is 6.70. The summed E-state index contributed by atoms with van der Waals surface area (Å²) < 4.78 is 10.1. The molecule has 0 aromatic carbocycles. The van der Waals surface area contributed by atoms with Crippen molar-refractivity contribution in [3.63, 3.8) is 0 Å². The zero-order chi connectivity index (χ0) is 17.0. The predicted octanol–water partition coefficient (Wildman–Crippen LogP) is -4.53. The summed E-state index contributed by atoms with van der Waals surface area (Å²) in [5, 5.41) is 66.1. The Labute approximate surface area is 126 Å². The van der Waals surface area contributed by atoms with Crippen LogP contribution in [0.15, 0.2) is 0 Å². The van der Waals surface area contributed by atoms with Crippen LogP contribution < -0.4 is 0 Å². The maximum atomic E-state index is 11.0. The molecule has 0 spiro atoms. The van der Waals surface area contributed by atoms with E-state index < -0.39 is 61.7 Å². The van der Waals surface area contributed by atoms with Crippen molar-refractivity contribution >= 4 is 6.29 Å². The SMILES string of the molecule is C[C@@H]1O[C@@H](O[C@@H](C=O)[C@@H](O)[C@H](O)[C@H](O)CO)[C@@H](O)[C@H](O)[C@H]1O. The molecule has 0 radical (unpaired) electrons. The van der Waals surface area contributed by atoms with Crippen molar-refractivity contribution < 1.29 is 50.0 Å². The molecule has 0 bridgehead atoms. The number of ether oxygens (including phenoxy) is 2.